The maximum absolute atomic E-state index is 11.7. The lowest BCUT2D eigenvalue weighted by Crippen LogP contribution is -2.14. The van der Waals surface area contributed by atoms with Gasteiger partial charge in [0.2, 0.25) is 0 Å². The Bertz CT molecular complexity index is 925. The van der Waals surface area contributed by atoms with E-state index in [1.165, 1.54) is 0 Å². The van der Waals surface area contributed by atoms with Crippen LogP contribution in [0, 0.1) is 6.92 Å². The van der Waals surface area contributed by atoms with Crippen LogP contribution in [0.3, 0.4) is 0 Å². The molecule has 0 amide bonds. The monoisotopic (exact) mass is 322 g/mol. The zero-order chi connectivity index (χ0) is 16.5. The van der Waals surface area contributed by atoms with Crippen LogP contribution in [0.1, 0.15) is 30.0 Å². The van der Waals surface area contributed by atoms with E-state index >= 15 is 0 Å². The van der Waals surface area contributed by atoms with Crippen LogP contribution in [0.2, 0.25) is 0 Å². The van der Waals surface area contributed by atoms with E-state index in [0.717, 1.165) is 35.5 Å². The lowest BCUT2D eigenvalue weighted by molar-refractivity contribution is 0.615. The molecule has 2 heterocycles. The topological polar surface area (TPSA) is 88.5 Å². The second-order valence-corrected chi connectivity index (χ2v) is 6.09. The summed E-state index contributed by atoms with van der Waals surface area (Å²) in [6, 6.07) is 10.1. The lowest BCUT2D eigenvalue weighted by Gasteiger charge is -2.11. The van der Waals surface area contributed by atoms with Gasteiger partial charge in [0, 0.05) is 29.6 Å². The highest BCUT2D eigenvalue weighted by Crippen LogP contribution is 2.37. The minimum Gasteiger partial charge on any atom is -0.381 e. The largest absolute Gasteiger partial charge is 0.381 e. The standard InChI is InChI=1S/C17H18N6O/c1-11-4-5-13(19-10-12-3-2-8-18-17(12)24)9-15(11)16-20-21-22-23(16)14-6-7-14/h2-5,8-9,14,19H,6-7,10H2,1H3,(H,18,24). The molecule has 24 heavy (non-hydrogen) atoms. The van der Waals surface area contributed by atoms with Crippen molar-refractivity contribution in [3.63, 3.8) is 0 Å². The highest BCUT2D eigenvalue weighted by molar-refractivity contribution is 5.66. The summed E-state index contributed by atoms with van der Waals surface area (Å²) in [4.78, 5) is 14.4. The van der Waals surface area contributed by atoms with Crippen molar-refractivity contribution in [2.75, 3.05) is 5.32 Å². The summed E-state index contributed by atoms with van der Waals surface area (Å²) in [5, 5.41) is 15.5. The highest BCUT2D eigenvalue weighted by Gasteiger charge is 2.28. The van der Waals surface area contributed by atoms with Crippen LogP contribution >= 0.6 is 0 Å². The predicted octanol–water partition coefficient (Wildman–Crippen LogP) is 2.28. The summed E-state index contributed by atoms with van der Waals surface area (Å²) >= 11 is 0. The molecule has 1 fully saturated rings. The third-order valence-corrected chi connectivity index (χ3v) is 4.25. The van der Waals surface area contributed by atoms with Gasteiger partial charge in [-0.2, -0.15) is 0 Å². The minimum atomic E-state index is -0.0741. The van der Waals surface area contributed by atoms with Crippen LogP contribution in [0.25, 0.3) is 11.4 Å². The molecule has 2 N–H and O–H groups in total. The van der Waals surface area contributed by atoms with Crippen molar-refractivity contribution in [3.8, 4) is 11.4 Å². The van der Waals surface area contributed by atoms with Crippen LogP contribution in [0.15, 0.2) is 41.3 Å². The van der Waals surface area contributed by atoms with Gasteiger partial charge in [-0.25, -0.2) is 4.68 Å². The van der Waals surface area contributed by atoms with Crippen molar-refractivity contribution in [1.82, 2.24) is 25.2 Å². The van der Waals surface area contributed by atoms with Gasteiger partial charge in [0.25, 0.3) is 5.56 Å². The fourth-order valence-corrected chi connectivity index (χ4v) is 2.70. The molecule has 1 saturated carbocycles. The quantitative estimate of drug-likeness (QED) is 0.752. The summed E-state index contributed by atoms with van der Waals surface area (Å²) in [7, 11) is 0. The average Bonchev–Trinajstić information content (AvgIpc) is 3.33. The molecule has 7 heteroatoms. The zero-order valence-corrected chi connectivity index (χ0v) is 13.4. The van der Waals surface area contributed by atoms with Gasteiger partial charge in [-0.3, -0.25) is 4.79 Å². The van der Waals surface area contributed by atoms with Crippen molar-refractivity contribution in [3.05, 3.63) is 58.0 Å². The number of aryl methyl sites for hydroxylation is 1. The van der Waals surface area contributed by atoms with Gasteiger partial charge in [-0.1, -0.05) is 12.1 Å². The summed E-state index contributed by atoms with van der Waals surface area (Å²) in [6.07, 6.45) is 3.89. The molecule has 1 aromatic carbocycles. The zero-order valence-electron chi connectivity index (χ0n) is 13.4. The van der Waals surface area contributed by atoms with E-state index in [1.54, 1.807) is 6.20 Å². The first-order valence-corrected chi connectivity index (χ1v) is 8.02. The fraction of sp³-hybridized carbons (Fsp3) is 0.294. The Morgan fingerprint density at radius 1 is 1.33 bits per heavy atom. The first-order valence-electron chi connectivity index (χ1n) is 8.02. The molecule has 4 rings (SSSR count). The summed E-state index contributed by atoms with van der Waals surface area (Å²) in [6.45, 7) is 2.51. The predicted molar refractivity (Wildman–Crippen MR) is 90.7 cm³/mol. The number of nitrogens with zero attached hydrogens (tertiary/aromatic N) is 4. The number of anilines is 1. The molecule has 1 aliphatic carbocycles. The number of nitrogens with one attached hydrogen (secondary N) is 2. The number of rotatable bonds is 5. The Labute approximate surface area is 138 Å². The highest BCUT2D eigenvalue weighted by atomic mass is 16.1. The average molecular weight is 322 g/mol. The van der Waals surface area contributed by atoms with Crippen molar-refractivity contribution in [2.24, 2.45) is 0 Å². The first kappa shape index (κ1) is 14.6. The molecule has 122 valence electrons. The van der Waals surface area contributed by atoms with E-state index in [2.05, 4.69) is 25.8 Å². The van der Waals surface area contributed by atoms with Gasteiger partial charge in [0.1, 0.15) is 0 Å². The molecule has 1 aliphatic rings. The van der Waals surface area contributed by atoms with Crippen LogP contribution in [-0.2, 0) is 6.54 Å². The number of tetrazole rings is 1. The fourth-order valence-electron chi connectivity index (χ4n) is 2.70. The molecule has 0 unspecified atom stereocenters. The Kier molecular flexibility index (Phi) is 3.60. The number of benzene rings is 1. The van der Waals surface area contributed by atoms with Gasteiger partial charge in [-0.05, 0) is 54.0 Å². The third kappa shape index (κ3) is 2.80. The Morgan fingerprint density at radius 2 is 2.21 bits per heavy atom. The molecule has 0 atom stereocenters. The van der Waals surface area contributed by atoms with Crippen molar-refractivity contribution in [2.45, 2.75) is 32.4 Å². The number of aromatic nitrogens is 5. The molecule has 0 spiro atoms. The van der Waals surface area contributed by atoms with Gasteiger partial charge in [0.15, 0.2) is 5.82 Å². The van der Waals surface area contributed by atoms with E-state index < -0.39 is 0 Å². The third-order valence-electron chi connectivity index (χ3n) is 4.25. The Morgan fingerprint density at radius 3 is 3.00 bits per heavy atom. The maximum atomic E-state index is 11.7. The van der Waals surface area contributed by atoms with Crippen LogP contribution < -0.4 is 10.9 Å². The smallest absolute Gasteiger partial charge is 0.252 e. The Balaban J connectivity index is 1.60. The van der Waals surface area contributed by atoms with Crippen LogP contribution in [0.4, 0.5) is 5.69 Å². The van der Waals surface area contributed by atoms with Gasteiger partial charge in [-0.15, -0.1) is 5.10 Å². The van der Waals surface area contributed by atoms with Crippen LogP contribution in [-0.4, -0.2) is 25.2 Å². The van der Waals surface area contributed by atoms with Gasteiger partial charge < -0.3 is 10.3 Å². The molecule has 0 bridgehead atoms. The van der Waals surface area contributed by atoms with Gasteiger partial charge in [0.05, 0.1) is 6.04 Å². The maximum Gasteiger partial charge on any atom is 0.252 e. The van der Waals surface area contributed by atoms with Crippen molar-refractivity contribution in [1.29, 1.82) is 0 Å². The van der Waals surface area contributed by atoms with Crippen molar-refractivity contribution < 1.29 is 0 Å². The number of aromatic amines is 1. The molecular formula is C17H18N6O. The normalized spacial score (nSPS) is 13.9. The molecular weight excluding hydrogens is 304 g/mol. The Hall–Kier alpha value is -2.96. The van der Waals surface area contributed by atoms with E-state index in [-0.39, 0.29) is 5.56 Å². The summed E-state index contributed by atoms with van der Waals surface area (Å²) < 4.78 is 1.91. The molecule has 0 radical (unpaired) electrons. The lowest BCUT2D eigenvalue weighted by atomic mass is 10.1. The number of H-pyrrole nitrogens is 1. The molecule has 7 nitrogen and oxygen atoms in total. The number of hydrogen-bond donors (Lipinski definition) is 2. The van der Waals surface area contributed by atoms with Gasteiger partial charge >= 0.3 is 0 Å². The SMILES string of the molecule is Cc1ccc(NCc2ccc[nH]c2=O)cc1-c1nnnn1C1CC1. The second kappa shape index (κ2) is 5.92. The molecule has 3 aromatic rings. The molecule has 0 saturated heterocycles. The van der Waals surface area contributed by atoms with E-state index in [0.29, 0.717) is 18.2 Å². The second-order valence-electron chi connectivity index (χ2n) is 6.09. The van der Waals surface area contributed by atoms with E-state index in [4.69, 9.17) is 0 Å². The minimum absolute atomic E-state index is 0.0741. The van der Waals surface area contributed by atoms with E-state index in [1.807, 2.05) is 41.9 Å². The van der Waals surface area contributed by atoms with E-state index in [9.17, 15) is 4.79 Å². The summed E-state index contributed by atoms with van der Waals surface area (Å²) in [5.74, 6) is 0.802. The molecule has 0 aliphatic heterocycles. The number of pyridine rings is 1. The van der Waals surface area contributed by atoms with Crippen LogP contribution in [0.5, 0.6) is 0 Å². The number of hydrogen-bond acceptors (Lipinski definition) is 5. The first-order chi connectivity index (χ1) is 11.7. The van der Waals surface area contributed by atoms with Crippen molar-refractivity contribution >= 4 is 5.69 Å². The summed E-state index contributed by atoms with van der Waals surface area (Å²) in [5.41, 5.74) is 3.69. The molecule has 2 aromatic heterocycles.